The largest absolute Gasteiger partial charge is 0.420 e. The van der Waals surface area contributed by atoms with Crippen LogP contribution in [0.2, 0.25) is 0 Å². The molecule has 0 aliphatic carbocycles. The van der Waals surface area contributed by atoms with Gasteiger partial charge in [-0.1, -0.05) is 23.4 Å². The highest BCUT2D eigenvalue weighted by Crippen LogP contribution is 2.30. The Morgan fingerprint density at radius 1 is 1.09 bits per heavy atom. The van der Waals surface area contributed by atoms with Gasteiger partial charge in [-0.3, -0.25) is 4.68 Å². The van der Waals surface area contributed by atoms with E-state index in [1.54, 1.807) is 18.2 Å². The zero-order valence-corrected chi connectivity index (χ0v) is 17.8. The van der Waals surface area contributed by atoms with Crippen molar-refractivity contribution in [1.29, 1.82) is 0 Å². The molecule has 0 saturated heterocycles. The molecule has 1 unspecified atom stereocenters. The van der Waals surface area contributed by atoms with Crippen LogP contribution in [0.15, 0.2) is 53.4 Å². The minimum atomic E-state index is -5.06. The number of alkyl halides is 3. The molecule has 14 heteroatoms. The summed E-state index contributed by atoms with van der Waals surface area (Å²) in [7, 11) is 0. The van der Waals surface area contributed by atoms with Crippen molar-refractivity contribution in [3.8, 4) is 22.9 Å². The quantitative estimate of drug-likeness (QED) is 0.319. The van der Waals surface area contributed by atoms with Crippen LogP contribution in [0.3, 0.4) is 0 Å². The molecule has 35 heavy (non-hydrogen) atoms. The number of aliphatic hydroxyl groups is 1. The van der Waals surface area contributed by atoms with Gasteiger partial charge in [0, 0.05) is 18.2 Å². The van der Waals surface area contributed by atoms with E-state index in [0.29, 0.717) is 17.0 Å². The second kappa shape index (κ2) is 9.38. The van der Waals surface area contributed by atoms with Gasteiger partial charge in [-0.2, -0.15) is 18.3 Å². The Bertz CT molecular complexity index is 1310. The van der Waals surface area contributed by atoms with Crippen LogP contribution in [0, 0.1) is 11.6 Å². The third-order valence-corrected chi connectivity index (χ3v) is 5.15. The molecule has 0 bridgehead atoms. The summed E-state index contributed by atoms with van der Waals surface area (Å²) in [4.78, 5) is 7.77. The first-order chi connectivity index (χ1) is 16.6. The first-order valence-corrected chi connectivity index (χ1v) is 10.1. The molecule has 0 saturated carbocycles. The molecule has 3 heterocycles. The van der Waals surface area contributed by atoms with Crippen molar-refractivity contribution in [2.75, 3.05) is 18.4 Å². The van der Waals surface area contributed by atoms with Crippen LogP contribution in [0.4, 0.5) is 27.8 Å². The number of nitrogens with zero attached hydrogens (tertiary/aromatic N) is 5. The Hall–Kier alpha value is -3.91. The number of nitrogens with one attached hydrogen (secondary N) is 1. The molecule has 4 aromatic rings. The topological polar surface area (TPSA) is 128 Å². The van der Waals surface area contributed by atoms with E-state index in [4.69, 9.17) is 10.3 Å². The van der Waals surface area contributed by atoms with Crippen molar-refractivity contribution < 1.29 is 31.6 Å². The minimum Gasteiger partial charge on any atom is -0.378 e. The van der Waals surface area contributed by atoms with Crippen molar-refractivity contribution in [2.45, 2.75) is 18.3 Å². The Morgan fingerprint density at radius 2 is 1.86 bits per heavy atom. The fourth-order valence-corrected chi connectivity index (χ4v) is 3.12. The molecule has 0 fully saturated rings. The summed E-state index contributed by atoms with van der Waals surface area (Å²) < 4.78 is 74.0. The van der Waals surface area contributed by atoms with Crippen molar-refractivity contribution in [3.05, 3.63) is 66.1 Å². The average molecular weight is 495 g/mol. The standard InChI is InChI=1S/C21H18F5N7O2/c22-13-4-2-1-3-12(13)9-33-17(15-5-6-35-32-15)7-16(31-33)19-28-8-14(23)18(30-19)29-11-20(34,10-27)21(24,25)26/h1-8,34H,9-11,27H2,(H,28,29,30). The SMILES string of the molecule is NCC(O)(CNc1nc(-c2cc(-c3ccon3)n(Cc3ccccc3F)n2)ncc1F)C(F)(F)F. The van der Waals surface area contributed by atoms with Crippen LogP contribution < -0.4 is 11.1 Å². The van der Waals surface area contributed by atoms with E-state index in [1.165, 1.54) is 29.1 Å². The average Bonchev–Trinajstić information content (AvgIpc) is 3.49. The maximum Gasteiger partial charge on any atom is 0.420 e. The molecule has 9 nitrogen and oxygen atoms in total. The molecular weight excluding hydrogens is 477 g/mol. The lowest BCUT2D eigenvalue weighted by Gasteiger charge is -2.29. The van der Waals surface area contributed by atoms with Gasteiger partial charge in [-0.15, -0.1) is 0 Å². The summed E-state index contributed by atoms with van der Waals surface area (Å²) in [6.07, 6.45) is -2.99. The Labute approximate surface area is 194 Å². The molecular formula is C21H18F5N7O2. The molecule has 0 aliphatic rings. The Kier molecular flexibility index (Phi) is 6.49. The van der Waals surface area contributed by atoms with Gasteiger partial charge in [0.15, 0.2) is 23.1 Å². The smallest absolute Gasteiger partial charge is 0.378 e. The number of benzene rings is 1. The highest BCUT2D eigenvalue weighted by molar-refractivity contribution is 5.63. The van der Waals surface area contributed by atoms with Gasteiger partial charge in [-0.25, -0.2) is 18.7 Å². The molecule has 4 N–H and O–H groups in total. The molecule has 1 atom stereocenters. The number of nitrogens with two attached hydrogens (primary N) is 1. The zero-order valence-electron chi connectivity index (χ0n) is 17.8. The second-order valence-corrected chi connectivity index (χ2v) is 7.53. The lowest BCUT2D eigenvalue weighted by atomic mass is 10.0. The molecule has 0 radical (unpaired) electrons. The number of hydrogen-bond acceptors (Lipinski definition) is 8. The number of aromatic nitrogens is 5. The molecule has 0 spiro atoms. The van der Waals surface area contributed by atoms with Gasteiger partial charge in [0.05, 0.1) is 25.0 Å². The van der Waals surface area contributed by atoms with Crippen LogP contribution in [-0.4, -0.2) is 54.9 Å². The van der Waals surface area contributed by atoms with E-state index in [2.05, 4.69) is 25.5 Å². The first kappa shape index (κ1) is 24.2. The molecule has 184 valence electrons. The summed E-state index contributed by atoms with van der Waals surface area (Å²) in [6, 6.07) is 9.09. The van der Waals surface area contributed by atoms with Crippen molar-refractivity contribution in [2.24, 2.45) is 5.73 Å². The summed E-state index contributed by atoms with van der Waals surface area (Å²) in [6.45, 7) is -2.30. The van der Waals surface area contributed by atoms with Gasteiger partial charge < -0.3 is 20.7 Å². The highest BCUT2D eigenvalue weighted by atomic mass is 19.4. The summed E-state index contributed by atoms with van der Waals surface area (Å²) in [5.41, 5.74) is 2.95. The number of hydrogen-bond donors (Lipinski definition) is 3. The van der Waals surface area contributed by atoms with Crippen LogP contribution in [0.5, 0.6) is 0 Å². The Balaban J connectivity index is 1.68. The third kappa shape index (κ3) is 4.97. The van der Waals surface area contributed by atoms with Crippen molar-refractivity contribution in [1.82, 2.24) is 24.9 Å². The van der Waals surface area contributed by atoms with Crippen molar-refractivity contribution >= 4 is 5.82 Å². The lowest BCUT2D eigenvalue weighted by Crippen LogP contribution is -2.55. The van der Waals surface area contributed by atoms with Gasteiger partial charge in [0.25, 0.3) is 0 Å². The van der Waals surface area contributed by atoms with Gasteiger partial charge in [0.1, 0.15) is 23.5 Å². The van der Waals surface area contributed by atoms with Crippen LogP contribution in [0.25, 0.3) is 22.9 Å². The fraction of sp³-hybridized carbons (Fsp3) is 0.238. The monoisotopic (exact) mass is 495 g/mol. The van der Waals surface area contributed by atoms with E-state index in [-0.39, 0.29) is 18.1 Å². The predicted octanol–water partition coefficient (Wildman–Crippen LogP) is 2.99. The Morgan fingerprint density at radius 3 is 2.51 bits per heavy atom. The normalized spacial score (nSPS) is 13.6. The minimum absolute atomic E-state index is 0.00369. The molecule has 1 aromatic carbocycles. The maximum atomic E-state index is 14.2. The zero-order chi connectivity index (χ0) is 25.2. The van der Waals surface area contributed by atoms with E-state index >= 15 is 0 Å². The van der Waals surface area contributed by atoms with E-state index in [0.717, 1.165) is 6.20 Å². The summed E-state index contributed by atoms with van der Waals surface area (Å²) >= 11 is 0. The van der Waals surface area contributed by atoms with Gasteiger partial charge in [-0.05, 0) is 12.1 Å². The highest BCUT2D eigenvalue weighted by Gasteiger charge is 2.52. The molecule has 4 rings (SSSR count). The number of rotatable bonds is 8. The number of halogens is 5. The van der Waals surface area contributed by atoms with E-state index < -0.39 is 42.3 Å². The maximum absolute atomic E-state index is 14.2. The fourth-order valence-electron chi connectivity index (χ4n) is 3.12. The van der Waals surface area contributed by atoms with Crippen LogP contribution in [0.1, 0.15) is 5.56 Å². The molecule has 0 amide bonds. The predicted molar refractivity (Wildman–Crippen MR) is 113 cm³/mol. The van der Waals surface area contributed by atoms with E-state index in [9.17, 15) is 27.1 Å². The third-order valence-electron chi connectivity index (χ3n) is 5.15. The van der Waals surface area contributed by atoms with E-state index in [1.807, 2.05) is 0 Å². The van der Waals surface area contributed by atoms with Gasteiger partial charge in [0.2, 0.25) is 0 Å². The lowest BCUT2D eigenvalue weighted by molar-refractivity contribution is -0.249. The molecule has 3 aromatic heterocycles. The second-order valence-electron chi connectivity index (χ2n) is 7.53. The van der Waals surface area contributed by atoms with Gasteiger partial charge >= 0.3 is 6.18 Å². The first-order valence-electron chi connectivity index (χ1n) is 10.1. The number of anilines is 1. The van der Waals surface area contributed by atoms with Crippen LogP contribution >= 0.6 is 0 Å². The molecule has 0 aliphatic heterocycles. The summed E-state index contributed by atoms with van der Waals surface area (Å²) in [5.74, 6) is -2.26. The summed E-state index contributed by atoms with van der Waals surface area (Å²) in [5, 5.41) is 20.1. The van der Waals surface area contributed by atoms with Crippen LogP contribution in [-0.2, 0) is 6.54 Å². The van der Waals surface area contributed by atoms with Crippen molar-refractivity contribution in [3.63, 3.8) is 0 Å².